The number of rotatable bonds is 4. The maximum Gasteiger partial charge on any atom is 0.434 e. The van der Waals surface area contributed by atoms with Crippen LogP contribution in [0.25, 0.3) is 28.3 Å². The number of hydrogen-bond donors (Lipinski definition) is 0. The van der Waals surface area contributed by atoms with Crippen molar-refractivity contribution in [3.63, 3.8) is 0 Å². The first kappa shape index (κ1) is 23.2. The van der Waals surface area contributed by atoms with E-state index in [-0.39, 0.29) is 37.6 Å². The lowest BCUT2D eigenvalue weighted by molar-refractivity contribution is -0.142. The summed E-state index contributed by atoms with van der Waals surface area (Å²) in [4.78, 5) is 12.6. The third-order valence-electron chi connectivity index (χ3n) is 4.62. The van der Waals surface area contributed by atoms with Crippen LogP contribution in [-0.2, 0) is 10.9 Å². The van der Waals surface area contributed by atoms with E-state index < -0.39 is 29.2 Å². The predicted molar refractivity (Wildman–Crippen MR) is 116 cm³/mol. The lowest BCUT2D eigenvalue weighted by Crippen LogP contribution is -2.15. The van der Waals surface area contributed by atoms with Gasteiger partial charge in [0, 0.05) is 10.6 Å². The van der Waals surface area contributed by atoms with E-state index >= 15 is 0 Å². The summed E-state index contributed by atoms with van der Waals surface area (Å²) in [5.74, 6) is -1.51. The van der Waals surface area contributed by atoms with Gasteiger partial charge in [0.25, 0.3) is 0 Å². The van der Waals surface area contributed by atoms with Crippen LogP contribution >= 0.6 is 34.8 Å². The summed E-state index contributed by atoms with van der Waals surface area (Å²) in [6.07, 6.45) is -3.98. The van der Waals surface area contributed by atoms with Crippen LogP contribution in [0.4, 0.5) is 13.2 Å². The highest BCUT2D eigenvalue weighted by atomic mass is 35.5. The van der Waals surface area contributed by atoms with Gasteiger partial charge < -0.3 is 9.26 Å². The van der Waals surface area contributed by atoms with Gasteiger partial charge in [-0.3, -0.25) is 0 Å². The first-order valence-corrected chi connectivity index (χ1v) is 10.2. The topological polar surface area (TPSA) is 70.2 Å². The van der Waals surface area contributed by atoms with Crippen molar-refractivity contribution in [2.24, 2.45) is 0 Å². The molecule has 0 saturated carbocycles. The van der Waals surface area contributed by atoms with Crippen LogP contribution in [0, 0.1) is 0 Å². The number of hydrogen-bond acceptors (Lipinski definition) is 5. The Balaban J connectivity index is 2.01. The molecule has 2 heterocycles. The molecule has 12 heteroatoms. The molecule has 0 spiro atoms. The van der Waals surface area contributed by atoms with E-state index in [4.69, 9.17) is 44.1 Å². The maximum atomic E-state index is 14.2. The van der Waals surface area contributed by atoms with Crippen LogP contribution < -0.4 is 0 Å². The van der Waals surface area contributed by atoms with Gasteiger partial charge in [0.1, 0.15) is 11.3 Å². The fourth-order valence-corrected chi connectivity index (χ4v) is 4.01. The second-order valence-corrected chi connectivity index (χ2v) is 7.87. The summed E-state index contributed by atoms with van der Waals surface area (Å²) >= 11 is 18.4. The Kier molecular flexibility index (Phi) is 6.13. The first-order chi connectivity index (χ1) is 15.6. The Morgan fingerprint density at radius 2 is 1.76 bits per heavy atom. The van der Waals surface area contributed by atoms with Gasteiger partial charge in [0.15, 0.2) is 11.5 Å². The number of halogens is 6. The lowest BCUT2D eigenvalue weighted by Gasteiger charge is -2.12. The highest BCUT2D eigenvalue weighted by Crippen LogP contribution is 2.44. The van der Waals surface area contributed by atoms with Crippen LogP contribution in [0.5, 0.6) is 0 Å². The van der Waals surface area contributed by atoms with Gasteiger partial charge in [-0.2, -0.15) is 18.3 Å². The average Bonchev–Trinajstić information content (AvgIpc) is 3.37. The normalized spacial score (nSPS) is 11.6. The largest absolute Gasteiger partial charge is 0.465 e. The third kappa shape index (κ3) is 4.19. The molecule has 0 saturated heterocycles. The Hall–Kier alpha value is -3.01. The summed E-state index contributed by atoms with van der Waals surface area (Å²) in [5.41, 5.74) is -2.14. The van der Waals surface area contributed by atoms with Crippen molar-refractivity contribution in [2.75, 3.05) is 7.11 Å². The molecule has 0 aliphatic carbocycles. The molecule has 4 aromatic rings. The maximum absolute atomic E-state index is 14.2. The van der Waals surface area contributed by atoms with Crippen molar-refractivity contribution in [3.8, 4) is 28.3 Å². The standard InChI is InChI=1S/C21H11Cl3F3N3O3/c1-32-20(31)16-17(15-13(23)6-3-7-14(15)24)29-33-18(16)12-9-28-30(19(12)21(25,26)27)11-5-2-4-10(22)8-11/h2-9H,1H3. The summed E-state index contributed by atoms with van der Waals surface area (Å²) in [6, 6.07) is 10.2. The molecule has 2 aromatic heterocycles. The van der Waals surface area contributed by atoms with Crippen molar-refractivity contribution in [1.29, 1.82) is 0 Å². The summed E-state index contributed by atoms with van der Waals surface area (Å²) in [6.45, 7) is 0. The zero-order valence-electron chi connectivity index (χ0n) is 16.5. The van der Waals surface area contributed by atoms with E-state index in [1.165, 1.54) is 36.4 Å². The molecular formula is C21H11Cl3F3N3O3. The van der Waals surface area contributed by atoms with Crippen LogP contribution in [0.2, 0.25) is 15.1 Å². The Morgan fingerprint density at radius 3 is 2.36 bits per heavy atom. The van der Waals surface area contributed by atoms with E-state index in [1.54, 1.807) is 6.07 Å². The van der Waals surface area contributed by atoms with Crippen molar-refractivity contribution in [3.05, 3.63) is 75.0 Å². The molecule has 0 N–H and O–H groups in total. The zero-order valence-corrected chi connectivity index (χ0v) is 18.7. The van der Waals surface area contributed by atoms with Crippen LogP contribution in [0.15, 0.2) is 53.2 Å². The van der Waals surface area contributed by atoms with Gasteiger partial charge >= 0.3 is 12.1 Å². The molecular weight excluding hydrogens is 506 g/mol. The fraction of sp³-hybridized carbons (Fsp3) is 0.0952. The van der Waals surface area contributed by atoms with Crippen molar-refractivity contribution in [1.82, 2.24) is 14.9 Å². The summed E-state index contributed by atoms with van der Waals surface area (Å²) < 4.78 is 53.2. The Labute approximate surface area is 199 Å². The highest BCUT2D eigenvalue weighted by Gasteiger charge is 2.42. The minimum absolute atomic E-state index is 0.0505. The number of methoxy groups -OCH3 is 1. The zero-order chi connectivity index (χ0) is 23.9. The molecule has 0 fully saturated rings. The lowest BCUT2D eigenvalue weighted by atomic mass is 10.0. The third-order valence-corrected chi connectivity index (χ3v) is 5.48. The molecule has 6 nitrogen and oxygen atoms in total. The SMILES string of the molecule is COC(=O)c1c(-c2c(Cl)cccc2Cl)noc1-c1cnn(-c2cccc(Cl)c2)c1C(F)(F)F. The molecule has 0 unspecified atom stereocenters. The predicted octanol–water partition coefficient (Wildman–Crippen LogP) is 6.96. The van der Waals surface area contributed by atoms with Gasteiger partial charge in [0.05, 0.1) is 34.6 Å². The monoisotopic (exact) mass is 515 g/mol. The van der Waals surface area contributed by atoms with Crippen LogP contribution in [0.3, 0.4) is 0 Å². The molecule has 0 radical (unpaired) electrons. The molecule has 4 rings (SSSR count). The first-order valence-electron chi connectivity index (χ1n) is 9.07. The van der Waals surface area contributed by atoms with E-state index in [2.05, 4.69) is 10.3 Å². The van der Waals surface area contributed by atoms with E-state index in [0.717, 1.165) is 13.3 Å². The number of ether oxygens (including phenoxy) is 1. The quantitative estimate of drug-likeness (QED) is 0.274. The molecule has 0 bridgehead atoms. The molecule has 0 aliphatic heterocycles. The molecule has 170 valence electrons. The van der Waals surface area contributed by atoms with E-state index in [1.807, 2.05) is 0 Å². The fourth-order valence-electron chi connectivity index (χ4n) is 3.25. The molecule has 2 aromatic carbocycles. The van der Waals surface area contributed by atoms with Crippen LogP contribution in [-0.4, -0.2) is 28.0 Å². The second kappa shape index (κ2) is 8.74. The number of nitrogens with zero attached hydrogens (tertiary/aromatic N) is 3. The smallest absolute Gasteiger partial charge is 0.434 e. The van der Waals surface area contributed by atoms with Gasteiger partial charge in [-0.15, -0.1) is 0 Å². The number of esters is 1. The minimum Gasteiger partial charge on any atom is -0.465 e. The number of aromatic nitrogens is 3. The Morgan fingerprint density at radius 1 is 1.09 bits per heavy atom. The molecule has 33 heavy (non-hydrogen) atoms. The Bertz CT molecular complexity index is 1350. The van der Waals surface area contributed by atoms with Crippen molar-refractivity contribution >= 4 is 40.8 Å². The number of benzene rings is 2. The second-order valence-electron chi connectivity index (χ2n) is 6.62. The number of carbonyl (C=O) groups excluding carboxylic acids is 1. The minimum atomic E-state index is -4.89. The van der Waals surface area contributed by atoms with Crippen molar-refractivity contribution < 1.29 is 27.2 Å². The summed E-state index contributed by atoms with van der Waals surface area (Å²) in [7, 11) is 1.07. The van der Waals surface area contributed by atoms with Gasteiger partial charge in [-0.1, -0.05) is 52.1 Å². The van der Waals surface area contributed by atoms with E-state index in [0.29, 0.717) is 4.68 Å². The molecule has 0 aliphatic rings. The van der Waals surface area contributed by atoms with Crippen LogP contribution in [0.1, 0.15) is 16.1 Å². The van der Waals surface area contributed by atoms with Gasteiger partial charge in [0.2, 0.25) is 0 Å². The number of alkyl halides is 3. The van der Waals surface area contributed by atoms with E-state index in [9.17, 15) is 18.0 Å². The summed E-state index contributed by atoms with van der Waals surface area (Å²) in [5, 5.41) is 8.09. The van der Waals surface area contributed by atoms with Gasteiger partial charge in [-0.05, 0) is 30.3 Å². The molecule has 0 amide bonds. The molecule has 0 atom stereocenters. The number of carbonyl (C=O) groups is 1. The van der Waals surface area contributed by atoms with Gasteiger partial charge in [-0.25, -0.2) is 9.48 Å². The average molecular weight is 517 g/mol. The van der Waals surface area contributed by atoms with Crippen molar-refractivity contribution in [2.45, 2.75) is 6.18 Å². The highest BCUT2D eigenvalue weighted by molar-refractivity contribution is 6.39.